The van der Waals surface area contributed by atoms with E-state index in [0.29, 0.717) is 10.0 Å². The third-order valence-electron chi connectivity index (χ3n) is 2.63. The Hall–Kier alpha value is 0.680. The molecule has 1 unspecified atom stereocenters. The van der Waals surface area contributed by atoms with E-state index < -0.39 is 6.10 Å². The zero-order valence-electron chi connectivity index (χ0n) is 9.08. The second-order valence-electron chi connectivity index (χ2n) is 3.69. The Labute approximate surface area is 137 Å². The number of thioether (sulfide) groups is 1. The van der Waals surface area contributed by atoms with E-state index in [0.717, 1.165) is 43.8 Å². The summed E-state index contributed by atoms with van der Waals surface area (Å²) in [6.07, 6.45) is 1.41. The van der Waals surface area contributed by atoms with Crippen LogP contribution in [0.2, 0.25) is 10.0 Å². The lowest BCUT2D eigenvalue weighted by Gasteiger charge is -2.22. The average Bonchev–Trinajstić information content (AvgIpc) is 2.38. The van der Waals surface area contributed by atoms with Crippen molar-refractivity contribution in [2.75, 3.05) is 5.75 Å². The number of aryl methyl sites for hydroxylation is 1. The summed E-state index contributed by atoms with van der Waals surface area (Å²) >= 11 is 16.1. The SMILES string of the molecule is N#CC(OSI)c1c(Cl)c(Cl)cc2c1SCCC2. The van der Waals surface area contributed by atoms with E-state index in [9.17, 15) is 5.26 Å². The van der Waals surface area contributed by atoms with Crippen LogP contribution in [-0.4, -0.2) is 5.75 Å². The Morgan fingerprint density at radius 3 is 3.00 bits per heavy atom. The van der Waals surface area contributed by atoms with Gasteiger partial charge in [0.15, 0.2) is 6.10 Å². The Morgan fingerprint density at radius 1 is 1.56 bits per heavy atom. The molecule has 1 aliphatic heterocycles. The molecule has 0 saturated heterocycles. The van der Waals surface area contributed by atoms with Crippen molar-refractivity contribution >= 4 is 65.4 Å². The normalized spacial score (nSPS) is 15.9. The van der Waals surface area contributed by atoms with Crippen LogP contribution in [0, 0.1) is 11.3 Å². The van der Waals surface area contributed by atoms with Crippen LogP contribution in [0.3, 0.4) is 0 Å². The first-order chi connectivity index (χ1) is 8.69. The Bertz CT molecular complexity index is 507. The first kappa shape index (κ1) is 15.1. The zero-order chi connectivity index (χ0) is 13.1. The van der Waals surface area contributed by atoms with Crippen molar-refractivity contribution in [1.29, 1.82) is 5.26 Å². The lowest BCUT2D eigenvalue weighted by atomic mass is 10.0. The molecule has 1 aromatic carbocycles. The van der Waals surface area contributed by atoms with Crippen molar-refractivity contribution in [3.05, 3.63) is 27.2 Å². The van der Waals surface area contributed by atoms with Crippen molar-refractivity contribution in [2.45, 2.75) is 23.8 Å². The second-order valence-corrected chi connectivity index (χ2v) is 6.98. The predicted octanol–water partition coefficient (Wildman–Crippen LogP) is 5.61. The highest BCUT2D eigenvalue weighted by molar-refractivity contribution is 14.2. The predicted molar refractivity (Wildman–Crippen MR) is 86.6 cm³/mol. The number of nitrogens with zero attached hydrogens (tertiary/aromatic N) is 1. The molecule has 2 rings (SSSR count). The van der Waals surface area contributed by atoms with Gasteiger partial charge in [0.2, 0.25) is 0 Å². The minimum Gasteiger partial charge on any atom is -0.282 e. The van der Waals surface area contributed by atoms with E-state index in [2.05, 4.69) is 6.07 Å². The highest BCUT2D eigenvalue weighted by Crippen LogP contribution is 2.45. The number of nitriles is 1. The summed E-state index contributed by atoms with van der Waals surface area (Å²) in [6, 6.07) is 4.04. The fraction of sp³-hybridized carbons (Fsp3) is 0.364. The van der Waals surface area contributed by atoms with Gasteiger partial charge in [0.25, 0.3) is 0 Å². The maximum Gasteiger partial charge on any atom is 0.187 e. The third kappa shape index (κ3) is 3.05. The van der Waals surface area contributed by atoms with Crippen LogP contribution in [0.15, 0.2) is 11.0 Å². The molecule has 0 fully saturated rings. The van der Waals surface area contributed by atoms with Gasteiger partial charge >= 0.3 is 0 Å². The van der Waals surface area contributed by atoms with Gasteiger partial charge in [-0.3, -0.25) is 4.18 Å². The maximum absolute atomic E-state index is 9.22. The van der Waals surface area contributed by atoms with Gasteiger partial charge in [-0.2, -0.15) is 5.26 Å². The van der Waals surface area contributed by atoms with Gasteiger partial charge in [-0.15, -0.1) is 11.8 Å². The molecule has 0 radical (unpaired) electrons. The molecule has 0 amide bonds. The molecule has 1 atom stereocenters. The van der Waals surface area contributed by atoms with Crippen LogP contribution >= 0.6 is 65.4 Å². The zero-order valence-corrected chi connectivity index (χ0v) is 14.4. The molecule has 0 spiro atoms. The lowest BCUT2D eigenvalue weighted by Crippen LogP contribution is -2.07. The highest BCUT2D eigenvalue weighted by Gasteiger charge is 2.26. The minimum atomic E-state index is -0.683. The summed E-state index contributed by atoms with van der Waals surface area (Å²) in [4.78, 5) is 1.06. The fourth-order valence-electron chi connectivity index (χ4n) is 1.88. The number of benzene rings is 1. The molecule has 2 nitrogen and oxygen atoms in total. The summed E-state index contributed by atoms with van der Waals surface area (Å²) in [7, 11) is 1.13. The van der Waals surface area contributed by atoms with Gasteiger partial charge in [-0.05, 0) is 30.2 Å². The molecule has 18 heavy (non-hydrogen) atoms. The average molecular weight is 432 g/mol. The van der Waals surface area contributed by atoms with Crippen LogP contribution in [0.4, 0.5) is 0 Å². The van der Waals surface area contributed by atoms with Crippen molar-refractivity contribution in [2.24, 2.45) is 0 Å². The van der Waals surface area contributed by atoms with E-state index in [1.54, 1.807) is 11.8 Å². The molecule has 0 saturated carbocycles. The number of hydrogen-bond donors (Lipinski definition) is 0. The van der Waals surface area contributed by atoms with Crippen molar-refractivity contribution in [1.82, 2.24) is 0 Å². The van der Waals surface area contributed by atoms with Crippen molar-refractivity contribution < 1.29 is 4.18 Å². The second kappa shape index (κ2) is 6.91. The summed E-state index contributed by atoms with van der Waals surface area (Å²) in [5, 5.41) is 10.2. The molecule has 0 bridgehead atoms. The van der Waals surface area contributed by atoms with Crippen molar-refractivity contribution in [3.63, 3.8) is 0 Å². The number of rotatable bonds is 3. The molecule has 0 aromatic heterocycles. The van der Waals surface area contributed by atoms with E-state index in [1.165, 1.54) is 0 Å². The van der Waals surface area contributed by atoms with E-state index >= 15 is 0 Å². The molecule has 1 heterocycles. The molecule has 1 aliphatic rings. The topological polar surface area (TPSA) is 33.0 Å². The summed E-state index contributed by atoms with van der Waals surface area (Å²) in [5.74, 6) is 1.04. The summed E-state index contributed by atoms with van der Waals surface area (Å²) in [5.41, 5.74) is 1.88. The minimum absolute atomic E-state index is 0.432. The van der Waals surface area contributed by atoms with Crippen LogP contribution in [-0.2, 0) is 10.6 Å². The van der Waals surface area contributed by atoms with Crippen LogP contribution < -0.4 is 0 Å². The molecular formula is C11H8Cl2INOS2. The van der Waals surface area contributed by atoms with Gasteiger partial charge in [0.1, 0.15) is 6.07 Å². The quantitative estimate of drug-likeness (QED) is 0.459. The van der Waals surface area contributed by atoms with Crippen LogP contribution in [0.5, 0.6) is 0 Å². The standard InChI is InChI=1S/C11H8Cl2INOS2/c12-7-4-6-2-1-3-17-11(6)9(10(7)13)8(5-15)16-18-14/h4,8H,1-3H2. The first-order valence-corrected chi connectivity index (χ1v) is 10.2. The Balaban J connectivity index is 2.56. The number of hydrogen-bond acceptors (Lipinski definition) is 4. The Morgan fingerprint density at radius 2 is 2.33 bits per heavy atom. The molecule has 7 heteroatoms. The Kier molecular flexibility index (Phi) is 5.79. The molecule has 96 valence electrons. The summed E-state index contributed by atoms with van der Waals surface area (Å²) in [6.45, 7) is 0. The fourth-order valence-corrected chi connectivity index (χ4v) is 4.46. The van der Waals surface area contributed by atoms with Crippen molar-refractivity contribution in [3.8, 4) is 6.07 Å². The monoisotopic (exact) mass is 431 g/mol. The van der Waals surface area contributed by atoms with Gasteiger partial charge in [-0.1, -0.05) is 23.2 Å². The lowest BCUT2D eigenvalue weighted by molar-refractivity contribution is 0.315. The van der Waals surface area contributed by atoms with Crippen LogP contribution in [0.25, 0.3) is 0 Å². The highest BCUT2D eigenvalue weighted by atomic mass is 127. The van der Waals surface area contributed by atoms with Gasteiger partial charge in [-0.25, -0.2) is 0 Å². The molecule has 1 aromatic rings. The molecule has 0 aliphatic carbocycles. The van der Waals surface area contributed by atoms with Crippen LogP contribution in [0.1, 0.15) is 23.7 Å². The van der Waals surface area contributed by atoms with E-state index in [4.69, 9.17) is 27.4 Å². The van der Waals surface area contributed by atoms with Gasteiger partial charge in [0.05, 0.1) is 19.3 Å². The smallest absolute Gasteiger partial charge is 0.187 e. The number of fused-ring (bicyclic) bond motifs is 1. The number of halogens is 3. The first-order valence-electron chi connectivity index (χ1n) is 5.16. The maximum atomic E-state index is 9.22. The molecular weight excluding hydrogens is 424 g/mol. The largest absolute Gasteiger partial charge is 0.282 e. The van der Waals surface area contributed by atoms with Gasteiger partial charge < -0.3 is 0 Å². The molecule has 0 N–H and O–H groups in total. The van der Waals surface area contributed by atoms with Gasteiger partial charge in [0, 0.05) is 31.7 Å². The van der Waals surface area contributed by atoms with E-state index in [-0.39, 0.29) is 0 Å². The summed E-state index contributed by atoms with van der Waals surface area (Å²) < 4.78 is 5.36. The third-order valence-corrected chi connectivity index (χ3v) is 5.59. The van der Waals surface area contributed by atoms with E-state index in [1.807, 2.05) is 27.3 Å².